The summed E-state index contributed by atoms with van der Waals surface area (Å²) >= 11 is 8.15. The maximum absolute atomic E-state index is 10.1. The first kappa shape index (κ1) is 23.6. The Labute approximate surface area is 193 Å². The molecule has 3 rings (SSSR count). The minimum Gasteiger partial charge on any atom is -0.489 e. The molecule has 0 aliphatic rings. The summed E-state index contributed by atoms with van der Waals surface area (Å²) in [7, 11) is 0. The van der Waals surface area contributed by atoms with Gasteiger partial charge in [-0.1, -0.05) is 72.8 Å². The number of ether oxygens (including phenoxy) is 1. The normalized spacial score (nSPS) is 14.1. The molecule has 0 spiro atoms. The summed E-state index contributed by atoms with van der Waals surface area (Å²) in [6, 6.07) is 23.4. The second-order valence-corrected chi connectivity index (χ2v) is 9.14. The van der Waals surface area contributed by atoms with Crippen LogP contribution in [0.2, 0.25) is 5.02 Å². The molecule has 3 aromatic carbocycles. The zero-order valence-corrected chi connectivity index (χ0v) is 19.0. The fraction of sp³-hybridized carbons (Fsp3) is 0.280. The molecule has 0 aliphatic carbocycles. The van der Waals surface area contributed by atoms with Crippen LogP contribution in [0.5, 0.6) is 5.75 Å². The van der Waals surface area contributed by atoms with Crippen molar-refractivity contribution >= 4 is 23.4 Å². The van der Waals surface area contributed by atoms with Crippen molar-refractivity contribution in [2.45, 2.75) is 47.8 Å². The number of benzene rings is 3. The van der Waals surface area contributed by atoms with Gasteiger partial charge in [0.1, 0.15) is 12.4 Å². The third kappa shape index (κ3) is 6.99. The first-order chi connectivity index (χ1) is 15.0. The molecular weight excluding hydrogens is 430 g/mol. The van der Waals surface area contributed by atoms with E-state index in [1.54, 1.807) is 11.8 Å². The second-order valence-electron chi connectivity index (χ2n) is 7.59. The minimum atomic E-state index is -0.774. The molecular formula is C25H28ClNO3S. The Bertz CT molecular complexity index is 970. The van der Waals surface area contributed by atoms with E-state index in [0.717, 1.165) is 26.7 Å². The Kier molecular flexibility index (Phi) is 8.81. The smallest absolute Gasteiger partial charge is 0.120 e. The highest BCUT2D eigenvalue weighted by molar-refractivity contribution is 7.99. The van der Waals surface area contributed by atoms with Crippen molar-refractivity contribution in [3.8, 4) is 5.75 Å². The van der Waals surface area contributed by atoms with E-state index < -0.39 is 12.1 Å². The summed E-state index contributed by atoms with van der Waals surface area (Å²) in [5, 5.41) is 19.8. The van der Waals surface area contributed by atoms with Crippen molar-refractivity contribution in [2.24, 2.45) is 5.73 Å². The van der Waals surface area contributed by atoms with Gasteiger partial charge in [-0.3, -0.25) is 0 Å². The lowest BCUT2D eigenvalue weighted by molar-refractivity contribution is 0.0965. The number of halogens is 1. The van der Waals surface area contributed by atoms with Gasteiger partial charge in [0.2, 0.25) is 0 Å². The molecule has 6 heteroatoms. The number of nitrogens with two attached hydrogens (primary N) is 1. The lowest BCUT2D eigenvalue weighted by Gasteiger charge is -2.21. The maximum Gasteiger partial charge on any atom is 0.120 e. The topological polar surface area (TPSA) is 75.7 Å². The van der Waals surface area contributed by atoms with E-state index in [2.05, 4.69) is 0 Å². The number of hydrogen-bond donors (Lipinski definition) is 3. The van der Waals surface area contributed by atoms with Crippen molar-refractivity contribution in [3.05, 3.63) is 88.9 Å². The first-order valence-corrected chi connectivity index (χ1v) is 11.4. The number of aliphatic hydroxyl groups is 2. The average Bonchev–Trinajstić information content (AvgIpc) is 2.78. The molecule has 0 amide bonds. The fourth-order valence-corrected chi connectivity index (χ4v) is 4.60. The standard InChI is InChI=1S/C25H28ClNO3S/c1-17(12-25(29)24(27)15-28)22-11-10-21(14-23(22)26)31-20-9-5-8-19(13-20)30-16-18-6-3-2-4-7-18/h2-11,13-14,17,24-25,28-29H,12,15-16,27H2,1H3/t17?,24-,25?/m1/s1. The average molecular weight is 458 g/mol. The summed E-state index contributed by atoms with van der Waals surface area (Å²) in [5.41, 5.74) is 7.79. The molecule has 0 bridgehead atoms. The minimum absolute atomic E-state index is 0.0221. The first-order valence-electron chi connectivity index (χ1n) is 10.2. The number of rotatable bonds is 10. The number of hydrogen-bond acceptors (Lipinski definition) is 5. The Morgan fingerprint density at radius 2 is 1.74 bits per heavy atom. The van der Waals surface area contributed by atoms with Crippen LogP contribution in [-0.2, 0) is 6.61 Å². The third-order valence-corrected chi connectivity index (χ3v) is 6.40. The van der Waals surface area contributed by atoms with Crippen LogP contribution in [0, 0.1) is 0 Å². The summed E-state index contributed by atoms with van der Waals surface area (Å²) in [6.45, 7) is 2.28. The molecule has 0 aliphatic heterocycles. The van der Waals surface area contributed by atoms with Crippen LogP contribution in [-0.4, -0.2) is 29.0 Å². The van der Waals surface area contributed by atoms with Gasteiger partial charge in [-0.2, -0.15) is 0 Å². The van der Waals surface area contributed by atoms with Crippen molar-refractivity contribution in [2.75, 3.05) is 6.61 Å². The second kappa shape index (κ2) is 11.6. The molecule has 0 heterocycles. The highest BCUT2D eigenvalue weighted by Crippen LogP contribution is 2.35. The molecule has 4 nitrogen and oxygen atoms in total. The van der Waals surface area contributed by atoms with Gasteiger partial charge in [0.15, 0.2) is 0 Å². The highest BCUT2D eigenvalue weighted by atomic mass is 35.5. The lowest BCUT2D eigenvalue weighted by Crippen LogP contribution is -2.38. The van der Waals surface area contributed by atoms with Gasteiger partial charge >= 0.3 is 0 Å². The molecule has 2 unspecified atom stereocenters. The van der Waals surface area contributed by atoms with E-state index >= 15 is 0 Å². The van der Waals surface area contributed by atoms with Crippen LogP contribution < -0.4 is 10.5 Å². The van der Waals surface area contributed by atoms with E-state index in [0.29, 0.717) is 18.1 Å². The van der Waals surface area contributed by atoms with Gasteiger partial charge in [0, 0.05) is 14.8 Å². The predicted octanol–water partition coefficient (Wildman–Crippen LogP) is 5.24. The van der Waals surface area contributed by atoms with Gasteiger partial charge in [0.05, 0.1) is 18.8 Å². The molecule has 3 atom stereocenters. The molecule has 31 heavy (non-hydrogen) atoms. The van der Waals surface area contributed by atoms with E-state index in [9.17, 15) is 5.11 Å². The SMILES string of the molecule is CC(CC(O)[C@H](N)CO)c1ccc(Sc2cccc(OCc3ccccc3)c2)cc1Cl. The van der Waals surface area contributed by atoms with Gasteiger partial charge < -0.3 is 20.7 Å². The van der Waals surface area contributed by atoms with E-state index in [-0.39, 0.29) is 12.5 Å². The molecule has 0 radical (unpaired) electrons. The van der Waals surface area contributed by atoms with Gasteiger partial charge in [-0.05, 0) is 53.8 Å². The molecule has 164 valence electrons. The van der Waals surface area contributed by atoms with Crippen molar-refractivity contribution in [1.29, 1.82) is 0 Å². The summed E-state index contributed by atoms with van der Waals surface area (Å²) in [4.78, 5) is 2.08. The van der Waals surface area contributed by atoms with Gasteiger partial charge in [0.25, 0.3) is 0 Å². The van der Waals surface area contributed by atoms with Crippen LogP contribution in [0.3, 0.4) is 0 Å². The van der Waals surface area contributed by atoms with E-state index in [1.165, 1.54) is 0 Å². The van der Waals surface area contributed by atoms with E-state index in [4.69, 9.17) is 27.2 Å². The van der Waals surface area contributed by atoms with Crippen LogP contribution in [0.25, 0.3) is 0 Å². The zero-order valence-electron chi connectivity index (χ0n) is 17.4. The van der Waals surface area contributed by atoms with Crippen LogP contribution in [0.15, 0.2) is 82.6 Å². The molecule has 0 saturated carbocycles. The Hall–Kier alpha value is -2.02. The zero-order chi connectivity index (χ0) is 22.2. The molecule has 3 aromatic rings. The fourth-order valence-electron chi connectivity index (χ4n) is 3.26. The Morgan fingerprint density at radius 3 is 2.45 bits per heavy atom. The third-order valence-electron chi connectivity index (χ3n) is 5.09. The Morgan fingerprint density at radius 1 is 1.00 bits per heavy atom. The van der Waals surface area contributed by atoms with Crippen LogP contribution >= 0.6 is 23.4 Å². The van der Waals surface area contributed by atoms with Crippen molar-refractivity contribution in [1.82, 2.24) is 0 Å². The monoisotopic (exact) mass is 457 g/mol. The highest BCUT2D eigenvalue weighted by Gasteiger charge is 2.19. The largest absolute Gasteiger partial charge is 0.489 e. The van der Waals surface area contributed by atoms with E-state index in [1.807, 2.05) is 79.7 Å². The van der Waals surface area contributed by atoms with Crippen molar-refractivity contribution in [3.63, 3.8) is 0 Å². The predicted molar refractivity (Wildman–Crippen MR) is 127 cm³/mol. The molecule has 0 aromatic heterocycles. The van der Waals surface area contributed by atoms with Crippen LogP contribution in [0.1, 0.15) is 30.4 Å². The van der Waals surface area contributed by atoms with Gasteiger partial charge in [-0.25, -0.2) is 0 Å². The van der Waals surface area contributed by atoms with Crippen molar-refractivity contribution < 1.29 is 14.9 Å². The summed E-state index contributed by atoms with van der Waals surface area (Å²) in [6.07, 6.45) is -0.335. The van der Waals surface area contributed by atoms with Crippen LogP contribution in [0.4, 0.5) is 0 Å². The molecule has 4 N–H and O–H groups in total. The summed E-state index contributed by atoms with van der Waals surface area (Å²) < 4.78 is 5.92. The lowest BCUT2D eigenvalue weighted by atomic mass is 9.92. The molecule has 0 saturated heterocycles. The molecule has 0 fully saturated rings. The maximum atomic E-state index is 10.1. The number of aliphatic hydroxyl groups excluding tert-OH is 2. The van der Waals surface area contributed by atoms with Gasteiger partial charge in [-0.15, -0.1) is 0 Å². The quantitative estimate of drug-likeness (QED) is 0.388. The Balaban J connectivity index is 1.63. The summed E-state index contributed by atoms with van der Waals surface area (Å²) in [5.74, 6) is 0.841.